The summed E-state index contributed by atoms with van der Waals surface area (Å²) in [7, 11) is 2.04. The molecule has 4 nitrogen and oxygen atoms in total. The number of rotatable bonds is 8. The van der Waals surface area contributed by atoms with Crippen LogP contribution in [0.15, 0.2) is 0 Å². The van der Waals surface area contributed by atoms with E-state index in [1.165, 1.54) is 32.5 Å². The van der Waals surface area contributed by atoms with Crippen molar-refractivity contribution in [3.63, 3.8) is 0 Å². The molecule has 1 atom stereocenters. The van der Waals surface area contributed by atoms with Crippen molar-refractivity contribution in [3.05, 3.63) is 0 Å². The first-order valence-corrected chi connectivity index (χ1v) is 6.81. The van der Waals surface area contributed by atoms with Crippen molar-refractivity contribution >= 4 is 5.97 Å². The molecule has 1 aliphatic rings. The second-order valence-electron chi connectivity index (χ2n) is 4.69. The second-order valence-corrected chi connectivity index (χ2v) is 4.69. The normalized spacial score (nSPS) is 20.7. The van der Waals surface area contributed by atoms with E-state index in [4.69, 9.17) is 4.74 Å². The highest BCUT2D eigenvalue weighted by molar-refractivity contribution is 5.69. The molecule has 1 aliphatic heterocycles. The molecule has 4 heteroatoms. The van der Waals surface area contributed by atoms with Gasteiger partial charge in [0.25, 0.3) is 0 Å². The lowest BCUT2D eigenvalue weighted by Gasteiger charge is -2.15. The summed E-state index contributed by atoms with van der Waals surface area (Å²) in [6, 6.07) is 0.675. The highest BCUT2D eigenvalue weighted by atomic mass is 16.5. The van der Waals surface area contributed by atoms with Crippen LogP contribution in [0.5, 0.6) is 0 Å². The molecule has 1 N–H and O–H groups in total. The number of esters is 1. The summed E-state index contributed by atoms with van der Waals surface area (Å²) < 4.78 is 4.89. The average molecular weight is 242 g/mol. The SMILES string of the molecule is CCOC(=O)CCCCCN1CCC(NC)C1. The maximum Gasteiger partial charge on any atom is 0.305 e. The van der Waals surface area contributed by atoms with Gasteiger partial charge >= 0.3 is 5.97 Å². The zero-order valence-corrected chi connectivity index (χ0v) is 11.2. The second kappa shape index (κ2) is 8.48. The van der Waals surface area contributed by atoms with Crippen LogP contribution in [0.2, 0.25) is 0 Å². The van der Waals surface area contributed by atoms with Crippen molar-refractivity contribution in [2.24, 2.45) is 0 Å². The molecule has 1 rings (SSSR count). The first-order chi connectivity index (χ1) is 8.26. The van der Waals surface area contributed by atoms with E-state index in [0.29, 0.717) is 19.1 Å². The molecular formula is C13H26N2O2. The molecule has 1 fully saturated rings. The number of nitrogens with one attached hydrogen (secondary N) is 1. The monoisotopic (exact) mass is 242 g/mol. The molecule has 1 unspecified atom stereocenters. The molecule has 0 radical (unpaired) electrons. The Morgan fingerprint density at radius 2 is 2.24 bits per heavy atom. The van der Waals surface area contributed by atoms with Crippen LogP contribution < -0.4 is 5.32 Å². The summed E-state index contributed by atoms with van der Waals surface area (Å²) in [5, 5.41) is 3.32. The summed E-state index contributed by atoms with van der Waals surface area (Å²) in [5.41, 5.74) is 0. The quantitative estimate of drug-likeness (QED) is 0.516. The van der Waals surface area contributed by atoms with Crippen LogP contribution in [-0.4, -0.2) is 50.2 Å². The maximum atomic E-state index is 11.1. The van der Waals surface area contributed by atoms with E-state index in [9.17, 15) is 4.79 Å². The van der Waals surface area contributed by atoms with Crippen LogP contribution in [0.4, 0.5) is 0 Å². The molecule has 0 aromatic heterocycles. The molecule has 17 heavy (non-hydrogen) atoms. The lowest BCUT2D eigenvalue weighted by atomic mass is 10.2. The Hall–Kier alpha value is -0.610. The minimum atomic E-state index is -0.0519. The average Bonchev–Trinajstić information content (AvgIpc) is 2.77. The number of unbranched alkanes of at least 4 members (excludes halogenated alkanes) is 2. The van der Waals surface area contributed by atoms with Crippen LogP contribution in [0, 0.1) is 0 Å². The minimum absolute atomic E-state index is 0.0519. The van der Waals surface area contributed by atoms with Crippen molar-refractivity contribution in [2.75, 3.05) is 33.3 Å². The van der Waals surface area contributed by atoms with Crippen LogP contribution in [0.1, 0.15) is 39.0 Å². The molecular weight excluding hydrogens is 216 g/mol. The molecule has 0 aromatic carbocycles. The Balaban J connectivity index is 1.92. The molecule has 100 valence electrons. The Morgan fingerprint density at radius 1 is 1.41 bits per heavy atom. The minimum Gasteiger partial charge on any atom is -0.466 e. The van der Waals surface area contributed by atoms with Gasteiger partial charge in [0.1, 0.15) is 0 Å². The molecule has 0 amide bonds. The first kappa shape index (κ1) is 14.5. The molecule has 1 saturated heterocycles. The standard InChI is InChI=1S/C13H26N2O2/c1-3-17-13(16)7-5-4-6-9-15-10-8-12(11-15)14-2/h12,14H,3-11H2,1-2H3. The predicted octanol–water partition coefficient (Wildman–Crippen LogP) is 1.40. The van der Waals surface area contributed by atoms with Crippen LogP contribution >= 0.6 is 0 Å². The third-order valence-corrected chi connectivity index (χ3v) is 3.34. The molecule has 0 spiro atoms. The molecule has 0 aliphatic carbocycles. The van der Waals surface area contributed by atoms with Gasteiger partial charge in [-0.3, -0.25) is 4.79 Å². The van der Waals surface area contributed by atoms with Crippen LogP contribution in [0.25, 0.3) is 0 Å². The van der Waals surface area contributed by atoms with Gasteiger partial charge in [-0.25, -0.2) is 0 Å². The zero-order valence-electron chi connectivity index (χ0n) is 11.2. The highest BCUT2D eigenvalue weighted by Gasteiger charge is 2.19. The van der Waals surface area contributed by atoms with E-state index in [0.717, 1.165) is 12.8 Å². The first-order valence-electron chi connectivity index (χ1n) is 6.81. The third-order valence-electron chi connectivity index (χ3n) is 3.34. The summed E-state index contributed by atoms with van der Waals surface area (Å²) >= 11 is 0. The Kier molecular flexibility index (Phi) is 7.21. The number of ether oxygens (including phenoxy) is 1. The number of carbonyl (C=O) groups is 1. The molecule has 0 aromatic rings. The van der Waals surface area contributed by atoms with Crippen molar-refractivity contribution < 1.29 is 9.53 Å². The van der Waals surface area contributed by atoms with Gasteiger partial charge in [-0.1, -0.05) is 6.42 Å². The van der Waals surface area contributed by atoms with Crippen molar-refractivity contribution in [1.29, 1.82) is 0 Å². The molecule has 0 bridgehead atoms. The topological polar surface area (TPSA) is 41.6 Å². The number of carbonyl (C=O) groups excluding carboxylic acids is 1. The fraction of sp³-hybridized carbons (Fsp3) is 0.923. The van der Waals surface area contributed by atoms with Gasteiger partial charge in [0, 0.05) is 19.0 Å². The molecule has 0 saturated carbocycles. The maximum absolute atomic E-state index is 11.1. The summed E-state index contributed by atoms with van der Waals surface area (Å²) in [5.74, 6) is -0.0519. The van der Waals surface area contributed by atoms with Gasteiger partial charge in [-0.2, -0.15) is 0 Å². The smallest absolute Gasteiger partial charge is 0.305 e. The highest BCUT2D eigenvalue weighted by Crippen LogP contribution is 2.10. The number of likely N-dealkylation sites (tertiary alicyclic amines) is 1. The predicted molar refractivity (Wildman–Crippen MR) is 69.0 cm³/mol. The summed E-state index contributed by atoms with van der Waals surface area (Å²) in [6.07, 6.45) is 5.11. The fourth-order valence-electron chi connectivity index (χ4n) is 2.29. The van der Waals surface area contributed by atoms with Gasteiger partial charge in [0.05, 0.1) is 6.61 Å². The van der Waals surface area contributed by atoms with Gasteiger partial charge < -0.3 is 15.0 Å². The number of nitrogens with zero attached hydrogens (tertiary/aromatic N) is 1. The van der Waals surface area contributed by atoms with E-state index in [2.05, 4.69) is 10.2 Å². The fourth-order valence-corrected chi connectivity index (χ4v) is 2.29. The Bertz CT molecular complexity index is 221. The van der Waals surface area contributed by atoms with Crippen molar-refractivity contribution in [1.82, 2.24) is 10.2 Å². The van der Waals surface area contributed by atoms with Gasteiger partial charge in [0.2, 0.25) is 0 Å². The summed E-state index contributed by atoms with van der Waals surface area (Å²) in [6.45, 7) is 5.90. The third kappa shape index (κ3) is 6.03. The lowest BCUT2D eigenvalue weighted by molar-refractivity contribution is -0.143. The van der Waals surface area contributed by atoms with Crippen molar-refractivity contribution in [3.8, 4) is 0 Å². The van der Waals surface area contributed by atoms with Crippen LogP contribution in [0.3, 0.4) is 0 Å². The van der Waals surface area contributed by atoms with E-state index in [-0.39, 0.29) is 5.97 Å². The van der Waals surface area contributed by atoms with E-state index in [1.807, 2.05) is 14.0 Å². The van der Waals surface area contributed by atoms with Gasteiger partial charge in [-0.05, 0) is 46.3 Å². The van der Waals surface area contributed by atoms with E-state index < -0.39 is 0 Å². The van der Waals surface area contributed by atoms with Crippen LogP contribution in [-0.2, 0) is 9.53 Å². The van der Waals surface area contributed by atoms with Crippen molar-refractivity contribution in [2.45, 2.75) is 45.1 Å². The zero-order chi connectivity index (χ0) is 12.5. The van der Waals surface area contributed by atoms with E-state index >= 15 is 0 Å². The Labute approximate surface area is 105 Å². The number of hydrogen-bond donors (Lipinski definition) is 1. The summed E-state index contributed by atoms with van der Waals surface area (Å²) in [4.78, 5) is 13.6. The van der Waals surface area contributed by atoms with Gasteiger partial charge in [-0.15, -0.1) is 0 Å². The number of hydrogen-bond acceptors (Lipinski definition) is 4. The Morgan fingerprint density at radius 3 is 2.88 bits per heavy atom. The van der Waals surface area contributed by atoms with Gasteiger partial charge in [0.15, 0.2) is 0 Å². The van der Waals surface area contributed by atoms with E-state index in [1.54, 1.807) is 0 Å². The number of likely N-dealkylation sites (N-methyl/N-ethyl adjacent to an activating group) is 1. The molecule has 1 heterocycles. The largest absolute Gasteiger partial charge is 0.466 e. The lowest BCUT2D eigenvalue weighted by Crippen LogP contribution is -2.30.